The zero-order valence-corrected chi connectivity index (χ0v) is 7.69. The molecule has 1 aliphatic rings. The van der Waals surface area contributed by atoms with E-state index in [2.05, 4.69) is 5.32 Å². The first kappa shape index (κ1) is 9.24. The lowest BCUT2D eigenvalue weighted by Crippen LogP contribution is -2.08. The van der Waals surface area contributed by atoms with Gasteiger partial charge in [-0.15, -0.1) is 0 Å². The van der Waals surface area contributed by atoms with Crippen LogP contribution >= 0.6 is 0 Å². The van der Waals surface area contributed by atoms with Crippen molar-refractivity contribution in [2.75, 3.05) is 17.6 Å². The average molecular weight is 198 g/mol. The van der Waals surface area contributed by atoms with Crippen LogP contribution in [0.4, 0.5) is 20.2 Å². The molecule has 0 atom stereocenters. The van der Waals surface area contributed by atoms with Crippen molar-refractivity contribution in [2.45, 2.75) is 12.8 Å². The van der Waals surface area contributed by atoms with E-state index in [1.54, 1.807) is 0 Å². The van der Waals surface area contributed by atoms with Gasteiger partial charge in [-0.3, -0.25) is 0 Å². The van der Waals surface area contributed by atoms with E-state index >= 15 is 0 Å². The summed E-state index contributed by atoms with van der Waals surface area (Å²) in [5.41, 5.74) is 5.88. The van der Waals surface area contributed by atoms with Crippen molar-refractivity contribution < 1.29 is 8.78 Å². The van der Waals surface area contributed by atoms with Crippen LogP contribution < -0.4 is 11.1 Å². The van der Waals surface area contributed by atoms with Crippen molar-refractivity contribution >= 4 is 11.4 Å². The molecule has 0 amide bonds. The first-order valence-corrected chi connectivity index (χ1v) is 4.66. The largest absolute Gasteiger partial charge is 0.397 e. The van der Waals surface area contributed by atoms with Crippen molar-refractivity contribution in [1.29, 1.82) is 0 Å². The van der Waals surface area contributed by atoms with Crippen molar-refractivity contribution in [3.63, 3.8) is 0 Å². The van der Waals surface area contributed by atoms with Gasteiger partial charge in [-0.05, 0) is 30.9 Å². The molecule has 4 heteroatoms. The van der Waals surface area contributed by atoms with Crippen LogP contribution in [0.15, 0.2) is 12.1 Å². The number of benzene rings is 1. The minimum Gasteiger partial charge on any atom is -0.397 e. The van der Waals surface area contributed by atoms with Gasteiger partial charge in [0.05, 0.1) is 11.4 Å². The van der Waals surface area contributed by atoms with E-state index < -0.39 is 11.6 Å². The summed E-state index contributed by atoms with van der Waals surface area (Å²) in [6, 6.07) is 2.40. The Morgan fingerprint density at radius 2 is 2.07 bits per heavy atom. The van der Waals surface area contributed by atoms with Crippen LogP contribution in [0.3, 0.4) is 0 Å². The van der Waals surface area contributed by atoms with Gasteiger partial charge >= 0.3 is 0 Å². The van der Waals surface area contributed by atoms with Crippen molar-refractivity contribution in [2.24, 2.45) is 5.92 Å². The summed E-state index contributed by atoms with van der Waals surface area (Å²) in [4.78, 5) is 0. The lowest BCUT2D eigenvalue weighted by Gasteiger charge is -2.09. The van der Waals surface area contributed by atoms with Gasteiger partial charge in [0.15, 0.2) is 11.6 Å². The van der Waals surface area contributed by atoms with Gasteiger partial charge in [0, 0.05) is 6.54 Å². The number of hydrogen-bond acceptors (Lipinski definition) is 2. The molecular formula is C10H12F2N2. The molecule has 0 unspecified atom stereocenters. The molecule has 14 heavy (non-hydrogen) atoms. The Kier molecular flexibility index (Phi) is 2.27. The molecule has 76 valence electrons. The molecule has 1 aromatic rings. The second-order valence-electron chi connectivity index (χ2n) is 3.65. The molecule has 3 N–H and O–H groups in total. The maximum atomic E-state index is 13.2. The Hall–Kier alpha value is -1.32. The fourth-order valence-corrected chi connectivity index (χ4v) is 1.31. The molecular weight excluding hydrogens is 186 g/mol. The summed E-state index contributed by atoms with van der Waals surface area (Å²) in [5, 5.41) is 2.84. The van der Waals surface area contributed by atoms with E-state index in [1.165, 1.54) is 6.07 Å². The van der Waals surface area contributed by atoms with Crippen molar-refractivity contribution in [1.82, 2.24) is 0 Å². The van der Waals surface area contributed by atoms with Crippen LogP contribution in [-0.4, -0.2) is 6.54 Å². The van der Waals surface area contributed by atoms with Gasteiger partial charge < -0.3 is 11.1 Å². The molecule has 1 saturated carbocycles. The first-order chi connectivity index (χ1) is 6.68. The van der Waals surface area contributed by atoms with Crippen LogP contribution in [-0.2, 0) is 0 Å². The quantitative estimate of drug-likeness (QED) is 0.732. The molecule has 0 aliphatic heterocycles. The monoisotopic (exact) mass is 198 g/mol. The number of anilines is 2. The molecule has 2 rings (SSSR count). The van der Waals surface area contributed by atoms with Gasteiger partial charge in [-0.25, -0.2) is 8.78 Å². The lowest BCUT2D eigenvalue weighted by atomic mass is 10.2. The molecule has 0 saturated heterocycles. The SMILES string of the molecule is Nc1ccc(F)c(F)c1NCC1CC1. The number of halogens is 2. The topological polar surface area (TPSA) is 38.0 Å². The number of nitrogen functional groups attached to an aromatic ring is 1. The van der Waals surface area contributed by atoms with Gasteiger partial charge in [0.1, 0.15) is 0 Å². The normalized spacial score (nSPS) is 15.6. The van der Waals surface area contributed by atoms with Crippen LogP contribution in [0.25, 0.3) is 0 Å². The molecule has 1 aliphatic carbocycles. The van der Waals surface area contributed by atoms with Crippen LogP contribution in [0, 0.1) is 17.6 Å². The second kappa shape index (κ2) is 3.44. The highest BCUT2D eigenvalue weighted by atomic mass is 19.2. The van der Waals surface area contributed by atoms with Crippen LogP contribution in [0.1, 0.15) is 12.8 Å². The Labute approximate surface area is 81.1 Å². The molecule has 1 fully saturated rings. The number of rotatable bonds is 3. The summed E-state index contributed by atoms with van der Waals surface area (Å²) in [7, 11) is 0. The predicted octanol–water partition coefficient (Wildman–Crippen LogP) is 2.37. The van der Waals surface area contributed by atoms with Gasteiger partial charge in [-0.2, -0.15) is 0 Å². The Morgan fingerprint density at radius 3 is 2.71 bits per heavy atom. The van der Waals surface area contributed by atoms with Crippen molar-refractivity contribution in [3.8, 4) is 0 Å². The fourth-order valence-electron chi connectivity index (χ4n) is 1.31. The van der Waals surface area contributed by atoms with E-state index in [4.69, 9.17) is 5.73 Å². The van der Waals surface area contributed by atoms with Crippen LogP contribution in [0.5, 0.6) is 0 Å². The van der Waals surface area contributed by atoms with Gasteiger partial charge in [0.25, 0.3) is 0 Å². The Bertz CT molecular complexity index is 348. The van der Waals surface area contributed by atoms with E-state index in [1.807, 2.05) is 0 Å². The third kappa shape index (κ3) is 1.78. The zero-order valence-electron chi connectivity index (χ0n) is 7.69. The minimum absolute atomic E-state index is 0.0944. The standard InChI is InChI=1S/C10H12F2N2/c11-7-3-4-8(13)10(9(7)12)14-5-6-1-2-6/h3-4,6,14H,1-2,5,13H2. The van der Waals surface area contributed by atoms with E-state index in [0.29, 0.717) is 12.5 Å². The summed E-state index contributed by atoms with van der Waals surface area (Å²) in [5.74, 6) is -1.15. The third-order valence-electron chi connectivity index (χ3n) is 2.39. The number of hydrogen-bond donors (Lipinski definition) is 2. The first-order valence-electron chi connectivity index (χ1n) is 4.66. The lowest BCUT2D eigenvalue weighted by molar-refractivity contribution is 0.511. The molecule has 1 aromatic carbocycles. The van der Waals surface area contributed by atoms with E-state index in [9.17, 15) is 8.78 Å². The highest BCUT2D eigenvalue weighted by molar-refractivity contribution is 5.66. The molecule has 0 heterocycles. The molecule has 0 bridgehead atoms. The average Bonchev–Trinajstić information content (AvgIpc) is 2.95. The molecule has 0 spiro atoms. The predicted molar refractivity (Wildman–Crippen MR) is 52.0 cm³/mol. The summed E-state index contributed by atoms with van der Waals surface area (Å²) in [6.07, 6.45) is 2.31. The smallest absolute Gasteiger partial charge is 0.183 e. The zero-order chi connectivity index (χ0) is 10.1. The highest BCUT2D eigenvalue weighted by Gasteiger charge is 2.22. The van der Waals surface area contributed by atoms with E-state index in [0.717, 1.165) is 18.9 Å². The third-order valence-corrected chi connectivity index (χ3v) is 2.39. The maximum Gasteiger partial charge on any atom is 0.183 e. The minimum atomic E-state index is -0.884. The fraction of sp³-hybridized carbons (Fsp3) is 0.400. The maximum absolute atomic E-state index is 13.2. The molecule has 2 nitrogen and oxygen atoms in total. The highest BCUT2D eigenvalue weighted by Crippen LogP contribution is 2.31. The summed E-state index contributed by atoms with van der Waals surface area (Å²) >= 11 is 0. The Balaban J connectivity index is 2.16. The Morgan fingerprint density at radius 1 is 1.36 bits per heavy atom. The molecule has 0 aromatic heterocycles. The number of nitrogens with two attached hydrogens (primary N) is 1. The van der Waals surface area contributed by atoms with Gasteiger partial charge in [0.2, 0.25) is 0 Å². The number of nitrogens with one attached hydrogen (secondary N) is 1. The van der Waals surface area contributed by atoms with Crippen molar-refractivity contribution in [3.05, 3.63) is 23.8 Å². The second-order valence-corrected chi connectivity index (χ2v) is 3.65. The van der Waals surface area contributed by atoms with E-state index in [-0.39, 0.29) is 11.4 Å². The summed E-state index contributed by atoms with van der Waals surface area (Å²) in [6.45, 7) is 0.671. The molecule has 0 radical (unpaired) electrons. The van der Waals surface area contributed by atoms with Crippen LogP contribution in [0.2, 0.25) is 0 Å². The van der Waals surface area contributed by atoms with Gasteiger partial charge in [-0.1, -0.05) is 0 Å². The summed E-state index contributed by atoms with van der Waals surface area (Å²) < 4.78 is 26.0.